The van der Waals surface area contributed by atoms with Crippen LogP contribution in [-0.4, -0.2) is 23.1 Å². The number of nitrogens with one attached hydrogen (secondary N) is 1. The third kappa shape index (κ3) is 3.41. The van der Waals surface area contributed by atoms with Crippen LogP contribution in [-0.2, 0) is 0 Å². The van der Waals surface area contributed by atoms with Gasteiger partial charge in [-0.15, -0.1) is 0 Å². The lowest BCUT2D eigenvalue weighted by Gasteiger charge is -2.34. The first-order valence-electron chi connectivity index (χ1n) is 8.90. The SMILES string of the molecule is N#Cc1cc(F)c(N2CCCC(c3ncc(-c4ccccc4)[nH]3)C2)c(F)c1. The molecule has 2 aromatic carbocycles. The van der Waals surface area contributed by atoms with E-state index in [9.17, 15) is 8.78 Å². The molecule has 27 heavy (non-hydrogen) atoms. The Morgan fingerprint density at radius 1 is 1.15 bits per heavy atom. The zero-order valence-electron chi connectivity index (χ0n) is 14.6. The quantitative estimate of drug-likeness (QED) is 0.738. The molecule has 1 saturated heterocycles. The number of aromatic amines is 1. The fourth-order valence-corrected chi connectivity index (χ4v) is 3.64. The van der Waals surface area contributed by atoms with E-state index < -0.39 is 11.6 Å². The highest BCUT2D eigenvalue weighted by Crippen LogP contribution is 2.33. The highest BCUT2D eigenvalue weighted by atomic mass is 19.1. The Balaban J connectivity index is 1.58. The van der Waals surface area contributed by atoms with Crippen molar-refractivity contribution in [3.8, 4) is 17.3 Å². The van der Waals surface area contributed by atoms with E-state index in [4.69, 9.17) is 5.26 Å². The van der Waals surface area contributed by atoms with Crippen LogP contribution in [0.5, 0.6) is 0 Å². The van der Waals surface area contributed by atoms with Crippen LogP contribution in [0, 0.1) is 23.0 Å². The van der Waals surface area contributed by atoms with E-state index in [1.807, 2.05) is 30.3 Å². The summed E-state index contributed by atoms with van der Waals surface area (Å²) in [7, 11) is 0. The molecule has 1 aliphatic heterocycles. The number of nitrogens with zero attached hydrogens (tertiary/aromatic N) is 3. The van der Waals surface area contributed by atoms with Gasteiger partial charge in [-0.05, 0) is 30.5 Å². The van der Waals surface area contributed by atoms with Gasteiger partial charge in [0.05, 0.1) is 23.5 Å². The van der Waals surface area contributed by atoms with Crippen molar-refractivity contribution in [2.75, 3.05) is 18.0 Å². The molecule has 0 amide bonds. The molecule has 1 atom stereocenters. The highest BCUT2D eigenvalue weighted by Gasteiger charge is 2.27. The second-order valence-electron chi connectivity index (χ2n) is 6.73. The molecular weight excluding hydrogens is 346 g/mol. The second-order valence-corrected chi connectivity index (χ2v) is 6.73. The molecule has 3 aromatic rings. The molecule has 0 saturated carbocycles. The summed E-state index contributed by atoms with van der Waals surface area (Å²) < 4.78 is 28.8. The maximum absolute atomic E-state index is 14.4. The number of H-pyrrole nitrogens is 1. The van der Waals surface area contributed by atoms with Gasteiger partial charge in [0.25, 0.3) is 0 Å². The molecule has 1 aromatic heterocycles. The molecule has 6 heteroatoms. The van der Waals surface area contributed by atoms with Crippen molar-refractivity contribution in [3.63, 3.8) is 0 Å². The average Bonchev–Trinajstić information content (AvgIpc) is 3.18. The van der Waals surface area contributed by atoms with Crippen LogP contribution < -0.4 is 4.90 Å². The molecule has 2 heterocycles. The molecule has 1 N–H and O–H groups in total. The van der Waals surface area contributed by atoms with Gasteiger partial charge in [-0.3, -0.25) is 0 Å². The van der Waals surface area contributed by atoms with E-state index >= 15 is 0 Å². The van der Waals surface area contributed by atoms with Gasteiger partial charge < -0.3 is 9.88 Å². The summed E-state index contributed by atoms with van der Waals surface area (Å²) in [5, 5.41) is 8.87. The van der Waals surface area contributed by atoms with E-state index in [0.29, 0.717) is 13.1 Å². The van der Waals surface area contributed by atoms with Crippen molar-refractivity contribution in [2.45, 2.75) is 18.8 Å². The molecule has 1 aliphatic rings. The van der Waals surface area contributed by atoms with E-state index in [2.05, 4.69) is 9.97 Å². The first-order chi connectivity index (χ1) is 13.2. The fraction of sp³-hybridized carbons (Fsp3) is 0.238. The average molecular weight is 364 g/mol. The lowest BCUT2D eigenvalue weighted by atomic mass is 9.96. The van der Waals surface area contributed by atoms with Gasteiger partial charge in [-0.2, -0.15) is 5.26 Å². The van der Waals surface area contributed by atoms with Gasteiger partial charge in [-0.1, -0.05) is 30.3 Å². The first kappa shape index (κ1) is 17.2. The van der Waals surface area contributed by atoms with Gasteiger partial charge in [0.2, 0.25) is 0 Å². The number of nitriles is 1. The second kappa shape index (κ2) is 7.20. The maximum Gasteiger partial charge on any atom is 0.150 e. The number of imidazole rings is 1. The van der Waals surface area contributed by atoms with Crippen molar-refractivity contribution >= 4 is 5.69 Å². The Bertz CT molecular complexity index is 968. The van der Waals surface area contributed by atoms with Crippen LogP contribution in [0.25, 0.3) is 11.3 Å². The van der Waals surface area contributed by atoms with Crippen LogP contribution in [0.2, 0.25) is 0 Å². The molecule has 4 nitrogen and oxygen atoms in total. The lowest BCUT2D eigenvalue weighted by molar-refractivity contribution is 0.477. The number of rotatable bonds is 3. The Hall–Kier alpha value is -3.20. The van der Waals surface area contributed by atoms with Gasteiger partial charge in [0.15, 0.2) is 11.6 Å². The minimum Gasteiger partial charge on any atom is -0.366 e. The summed E-state index contributed by atoms with van der Waals surface area (Å²) >= 11 is 0. The fourth-order valence-electron chi connectivity index (χ4n) is 3.64. The van der Waals surface area contributed by atoms with Gasteiger partial charge in [-0.25, -0.2) is 13.8 Å². The van der Waals surface area contributed by atoms with Crippen LogP contribution in [0.3, 0.4) is 0 Å². The molecular formula is C21H18F2N4. The van der Waals surface area contributed by atoms with Crippen molar-refractivity contribution < 1.29 is 8.78 Å². The van der Waals surface area contributed by atoms with Crippen molar-refractivity contribution in [1.82, 2.24) is 9.97 Å². The first-order valence-corrected chi connectivity index (χ1v) is 8.90. The molecule has 1 fully saturated rings. The van der Waals surface area contributed by atoms with Crippen molar-refractivity contribution in [1.29, 1.82) is 5.26 Å². The molecule has 136 valence electrons. The summed E-state index contributed by atoms with van der Waals surface area (Å²) in [5.41, 5.74) is 1.90. The number of hydrogen-bond donors (Lipinski definition) is 1. The monoisotopic (exact) mass is 364 g/mol. The Morgan fingerprint density at radius 3 is 2.59 bits per heavy atom. The predicted molar refractivity (Wildman–Crippen MR) is 99.3 cm³/mol. The van der Waals surface area contributed by atoms with E-state index in [1.54, 1.807) is 17.2 Å². The van der Waals surface area contributed by atoms with Crippen molar-refractivity contribution in [2.24, 2.45) is 0 Å². The topological polar surface area (TPSA) is 55.7 Å². The number of piperidine rings is 1. The van der Waals surface area contributed by atoms with Crippen molar-refractivity contribution in [3.05, 3.63) is 71.7 Å². The third-order valence-electron chi connectivity index (χ3n) is 4.95. The summed E-state index contributed by atoms with van der Waals surface area (Å²) in [5.74, 6) is -0.507. The highest BCUT2D eigenvalue weighted by molar-refractivity contribution is 5.58. The minimum absolute atomic E-state index is 0.0131. The normalized spacial score (nSPS) is 16.9. The zero-order valence-corrected chi connectivity index (χ0v) is 14.6. The minimum atomic E-state index is -0.698. The summed E-state index contributed by atoms with van der Waals surface area (Å²) in [4.78, 5) is 9.57. The number of hydrogen-bond acceptors (Lipinski definition) is 3. The molecule has 0 radical (unpaired) electrons. The number of anilines is 1. The summed E-state index contributed by atoms with van der Waals surface area (Å²) in [6.07, 6.45) is 3.51. The lowest BCUT2D eigenvalue weighted by Crippen LogP contribution is -2.36. The molecule has 0 spiro atoms. The number of benzene rings is 2. The summed E-state index contributed by atoms with van der Waals surface area (Å²) in [6.45, 7) is 1.05. The Kier molecular flexibility index (Phi) is 4.59. The van der Waals surface area contributed by atoms with Crippen LogP contribution in [0.1, 0.15) is 30.1 Å². The molecule has 0 bridgehead atoms. The van der Waals surface area contributed by atoms with Crippen LogP contribution >= 0.6 is 0 Å². The number of halogens is 2. The third-order valence-corrected chi connectivity index (χ3v) is 4.95. The maximum atomic E-state index is 14.4. The largest absolute Gasteiger partial charge is 0.366 e. The Morgan fingerprint density at radius 2 is 1.89 bits per heavy atom. The molecule has 1 unspecified atom stereocenters. The zero-order chi connectivity index (χ0) is 18.8. The standard InChI is InChI=1S/C21H18F2N4/c22-17-9-14(11-24)10-18(23)20(17)27-8-4-7-16(13-27)21-25-12-19(26-21)15-5-2-1-3-6-15/h1-3,5-6,9-10,12,16H,4,7-8,13H2,(H,25,26). The van der Waals surface area contributed by atoms with Gasteiger partial charge in [0, 0.05) is 19.0 Å². The predicted octanol–water partition coefficient (Wildman–Crippen LogP) is 4.61. The van der Waals surface area contributed by atoms with Gasteiger partial charge in [0.1, 0.15) is 11.5 Å². The van der Waals surface area contributed by atoms with E-state index in [1.165, 1.54) is 0 Å². The van der Waals surface area contributed by atoms with Crippen LogP contribution in [0.15, 0.2) is 48.7 Å². The number of aromatic nitrogens is 2. The van der Waals surface area contributed by atoms with E-state index in [-0.39, 0.29) is 17.2 Å². The molecule has 0 aliphatic carbocycles. The van der Waals surface area contributed by atoms with Gasteiger partial charge >= 0.3 is 0 Å². The smallest absolute Gasteiger partial charge is 0.150 e. The van der Waals surface area contributed by atoms with Crippen LogP contribution in [0.4, 0.5) is 14.5 Å². The summed E-state index contributed by atoms with van der Waals surface area (Å²) in [6, 6.07) is 13.9. The molecule has 4 rings (SSSR count). The van der Waals surface area contributed by atoms with E-state index in [0.717, 1.165) is 42.1 Å². The Labute approximate surface area is 156 Å².